The van der Waals surface area contributed by atoms with Gasteiger partial charge in [0.2, 0.25) is 0 Å². The molecule has 0 unspecified atom stereocenters. The van der Waals surface area contributed by atoms with Crippen LogP contribution in [0.5, 0.6) is 0 Å². The summed E-state index contributed by atoms with van der Waals surface area (Å²) in [6.45, 7) is 9.54. The summed E-state index contributed by atoms with van der Waals surface area (Å²) in [6.07, 6.45) is 1.28. The van der Waals surface area contributed by atoms with Gasteiger partial charge in [0.25, 0.3) is 0 Å². The number of benzene rings is 1. The lowest BCUT2D eigenvalue weighted by molar-refractivity contribution is 0.127. The van der Waals surface area contributed by atoms with Gasteiger partial charge in [0.15, 0.2) is 0 Å². The lowest BCUT2D eigenvalue weighted by Gasteiger charge is -2.34. The molecule has 1 saturated heterocycles. The fourth-order valence-corrected chi connectivity index (χ4v) is 2.33. The van der Waals surface area contributed by atoms with Crippen LogP contribution in [0.4, 0.5) is 0 Å². The van der Waals surface area contributed by atoms with Crippen molar-refractivity contribution in [2.24, 2.45) is 0 Å². The molecule has 1 aromatic rings. The Balaban J connectivity index is 1.77. The molecule has 0 N–H and O–H groups in total. The summed E-state index contributed by atoms with van der Waals surface area (Å²) in [6, 6.07) is 10.8. The van der Waals surface area contributed by atoms with Crippen molar-refractivity contribution in [2.75, 3.05) is 32.7 Å². The van der Waals surface area contributed by atoms with Crippen molar-refractivity contribution in [2.45, 2.75) is 19.9 Å². The van der Waals surface area contributed by atoms with Gasteiger partial charge in [-0.05, 0) is 18.5 Å². The average molecular weight is 218 g/mol. The molecule has 0 radical (unpaired) electrons. The Morgan fingerprint density at radius 1 is 0.938 bits per heavy atom. The molecule has 0 atom stereocenters. The van der Waals surface area contributed by atoms with E-state index < -0.39 is 0 Å². The summed E-state index contributed by atoms with van der Waals surface area (Å²) >= 11 is 0. The number of hydrogen-bond donors (Lipinski definition) is 0. The fourth-order valence-electron chi connectivity index (χ4n) is 2.33. The van der Waals surface area contributed by atoms with Crippen molar-refractivity contribution in [1.29, 1.82) is 0 Å². The number of rotatable bonds is 4. The first-order valence-corrected chi connectivity index (χ1v) is 6.37. The third-order valence-electron chi connectivity index (χ3n) is 3.25. The molecule has 2 nitrogen and oxygen atoms in total. The number of hydrogen-bond acceptors (Lipinski definition) is 2. The fraction of sp³-hybridized carbons (Fsp3) is 0.571. The average Bonchev–Trinajstić information content (AvgIpc) is 2.33. The van der Waals surface area contributed by atoms with Gasteiger partial charge in [-0.1, -0.05) is 37.3 Å². The molecule has 0 saturated carbocycles. The summed E-state index contributed by atoms with van der Waals surface area (Å²) in [5, 5.41) is 0. The highest BCUT2D eigenvalue weighted by Gasteiger charge is 2.15. The molecule has 88 valence electrons. The van der Waals surface area contributed by atoms with Crippen molar-refractivity contribution >= 4 is 0 Å². The van der Waals surface area contributed by atoms with E-state index in [1.807, 2.05) is 0 Å². The molecule has 0 spiro atoms. The van der Waals surface area contributed by atoms with Gasteiger partial charge in [-0.15, -0.1) is 0 Å². The van der Waals surface area contributed by atoms with Gasteiger partial charge >= 0.3 is 0 Å². The first kappa shape index (κ1) is 11.6. The van der Waals surface area contributed by atoms with E-state index in [-0.39, 0.29) is 0 Å². The van der Waals surface area contributed by atoms with Gasteiger partial charge in [-0.3, -0.25) is 4.90 Å². The highest BCUT2D eigenvalue weighted by atomic mass is 15.3. The second-order valence-corrected chi connectivity index (χ2v) is 4.60. The Kier molecular flexibility index (Phi) is 4.37. The minimum absolute atomic E-state index is 1.11. The maximum atomic E-state index is 2.57. The molecule has 0 aliphatic carbocycles. The van der Waals surface area contributed by atoms with E-state index in [1.165, 1.54) is 44.7 Å². The second-order valence-electron chi connectivity index (χ2n) is 4.60. The van der Waals surface area contributed by atoms with Crippen LogP contribution >= 0.6 is 0 Å². The molecule has 1 fully saturated rings. The Labute approximate surface area is 98.9 Å². The zero-order chi connectivity index (χ0) is 11.2. The summed E-state index contributed by atoms with van der Waals surface area (Å²) in [4.78, 5) is 5.13. The molecular weight excluding hydrogens is 196 g/mol. The van der Waals surface area contributed by atoms with E-state index in [0.717, 1.165) is 6.54 Å². The molecule has 0 aromatic heterocycles. The minimum atomic E-state index is 1.11. The molecule has 2 rings (SSSR count). The zero-order valence-corrected chi connectivity index (χ0v) is 10.2. The van der Waals surface area contributed by atoms with Crippen LogP contribution in [0, 0.1) is 0 Å². The monoisotopic (exact) mass is 218 g/mol. The molecule has 16 heavy (non-hydrogen) atoms. The molecule has 1 aromatic carbocycles. The molecule has 2 heteroatoms. The van der Waals surface area contributed by atoms with Crippen molar-refractivity contribution in [1.82, 2.24) is 9.80 Å². The quantitative estimate of drug-likeness (QED) is 0.764. The third kappa shape index (κ3) is 3.32. The van der Waals surface area contributed by atoms with Gasteiger partial charge in [0.1, 0.15) is 0 Å². The maximum absolute atomic E-state index is 2.57. The number of nitrogens with zero attached hydrogens (tertiary/aromatic N) is 2. The molecule has 1 aliphatic rings. The second kappa shape index (κ2) is 6.02. The molecule has 0 amide bonds. The molecule has 1 heterocycles. The van der Waals surface area contributed by atoms with Crippen molar-refractivity contribution in [3.8, 4) is 0 Å². The van der Waals surface area contributed by atoms with Gasteiger partial charge in [0, 0.05) is 32.7 Å². The standard InChI is InChI=1S/C14H22N2/c1-2-8-15-9-11-16(12-10-15)13-14-6-4-3-5-7-14/h3-7H,2,8-13H2,1H3. The lowest BCUT2D eigenvalue weighted by Crippen LogP contribution is -2.45. The highest BCUT2D eigenvalue weighted by Crippen LogP contribution is 2.08. The van der Waals surface area contributed by atoms with E-state index in [1.54, 1.807) is 0 Å². The third-order valence-corrected chi connectivity index (χ3v) is 3.25. The normalized spacial score (nSPS) is 18.8. The Morgan fingerprint density at radius 3 is 2.19 bits per heavy atom. The predicted molar refractivity (Wildman–Crippen MR) is 68.5 cm³/mol. The molecule has 1 aliphatic heterocycles. The SMILES string of the molecule is CCCN1CCN(Cc2ccccc2)CC1. The van der Waals surface area contributed by atoms with E-state index in [9.17, 15) is 0 Å². The number of piperazine rings is 1. The summed E-state index contributed by atoms with van der Waals surface area (Å²) in [5.74, 6) is 0. The van der Waals surface area contributed by atoms with E-state index in [0.29, 0.717) is 0 Å². The Bertz CT molecular complexity index is 289. The van der Waals surface area contributed by atoms with Crippen molar-refractivity contribution in [3.05, 3.63) is 35.9 Å². The minimum Gasteiger partial charge on any atom is -0.301 e. The largest absolute Gasteiger partial charge is 0.301 e. The topological polar surface area (TPSA) is 6.48 Å². The highest BCUT2D eigenvalue weighted by molar-refractivity contribution is 5.14. The van der Waals surface area contributed by atoms with E-state index >= 15 is 0 Å². The van der Waals surface area contributed by atoms with Crippen LogP contribution in [-0.2, 0) is 6.54 Å². The van der Waals surface area contributed by atoms with Crippen LogP contribution in [0.3, 0.4) is 0 Å². The maximum Gasteiger partial charge on any atom is 0.0234 e. The van der Waals surface area contributed by atoms with Crippen LogP contribution < -0.4 is 0 Å². The van der Waals surface area contributed by atoms with Gasteiger partial charge < -0.3 is 4.90 Å². The smallest absolute Gasteiger partial charge is 0.0234 e. The Hall–Kier alpha value is -0.860. The van der Waals surface area contributed by atoms with Crippen LogP contribution in [0.25, 0.3) is 0 Å². The van der Waals surface area contributed by atoms with Crippen LogP contribution in [0.15, 0.2) is 30.3 Å². The van der Waals surface area contributed by atoms with Crippen LogP contribution in [-0.4, -0.2) is 42.5 Å². The predicted octanol–water partition coefficient (Wildman–Crippen LogP) is 2.21. The van der Waals surface area contributed by atoms with Crippen molar-refractivity contribution in [3.63, 3.8) is 0 Å². The van der Waals surface area contributed by atoms with Gasteiger partial charge in [0.05, 0.1) is 0 Å². The Morgan fingerprint density at radius 2 is 1.56 bits per heavy atom. The van der Waals surface area contributed by atoms with E-state index in [2.05, 4.69) is 47.1 Å². The molecular formula is C14H22N2. The van der Waals surface area contributed by atoms with Crippen molar-refractivity contribution < 1.29 is 0 Å². The molecule has 0 bridgehead atoms. The summed E-state index contributed by atoms with van der Waals surface area (Å²) in [5.41, 5.74) is 1.44. The van der Waals surface area contributed by atoms with Gasteiger partial charge in [-0.25, -0.2) is 0 Å². The van der Waals surface area contributed by atoms with Gasteiger partial charge in [-0.2, -0.15) is 0 Å². The van der Waals surface area contributed by atoms with Crippen LogP contribution in [0.2, 0.25) is 0 Å². The lowest BCUT2D eigenvalue weighted by atomic mass is 10.2. The zero-order valence-electron chi connectivity index (χ0n) is 10.2. The summed E-state index contributed by atoms with van der Waals surface area (Å²) in [7, 11) is 0. The summed E-state index contributed by atoms with van der Waals surface area (Å²) < 4.78 is 0. The first-order valence-electron chi connectivity index (χ1n) is 6.37. The first-order chi connectivity index (χ1) is 7.88. The van der Waals surface area contributed by atoms with E-state index in [4.69, 9.17) is 0 Å². The van der Waals surface area contributed by atoms with Crippen LogP contribution in [0.1, 0.15) is 18.9 Å².